The van der Waals surface area contributed by atoms with E-state index in [0.717, 1.165) is 18.8 Å². The highest BCUT2D eigenvalue weighted by Crippen LogP contribution is 2.31. The molecule has 5 nitrogen and oxygen atoms in total. The molecule has 2 N–H and O–H groups in total. The van der Waals surface area contributed by atoms with Crippen LogP contribution in [0.3, 0.4) is 0 Å². The Morgan fingerprint density at radius 3 is 2.56 bits per heavy atom. The van der Waals surface area contributed by atoms with Crippen molar-refractivity contribution in [2.24, 2.45) is 0 Å². The summed E-state index contributed by atoms with van der Waals surface area (Å²) in [6.07, 6.45) is 2.36. The predicted octanol–water partition coefficient (Wildman–Crippen LogP) is 4.73. The van der Waals surface area contributed by atoms with Gasteiger partial charge in [-0.3, -0.25) is 10.1 Å². The molecule has 1 amide bonds. The van der Waals surface area contributed by atoms with Crippen molar-refractivity contribution in [3.8, 4) is 5.75 Å². The minimum atomic E-state index is -0.411. The Morgan fingerprint density at radius 1 is 1.15 bits per heavy atom. The number of carbonyl (C=O) groups excluding carboxylic acids is 1. The van der Waals surface area contributed by atoms with Crippen molar-refractivity contribution in [3.05, 3.63) is 52.0 Å². The fourth-order valence-corrected chi connectivity index (χ4v) is 3.67. The molecule has 0 atom stereocenters. The molecule has 8 heteroatoms. The second kappa shape index (κ2) is 8.78. The third kappa shape index (κ3) is 4.83. The smallest absolute Gasteiger partial charge is 0.261 e. The van der Waals surface area contributed by atoms with E-state index in [9.17, 15) is 4.79 Å². The number of anilines is 2. The van der Waals surface area contributed by atoms with Gasteiger partial charge in [-0.25, -0.2) is 0 Å². The van der Waals surface area contributed by atoms with E-state index in [1.54, 1.807) is 18.2 Å². The third-order valence-electron chi connectivity index (χ3n) is 4.29. The first-order valence-corrected chi connectivity index (χ1v) is 9.64. The lowest BCUT2D eigenvalue weighted by atomic mass is 10.2. The lowest BCUT2D eigenvalue weighted by molar-refractivity contribution is 0.0975. The quantitative estimate of drug-likeness (QED) is 0.696. The van der Waals surface area contributed by atoms with Gasteiger partial charge >= 0.3 is 0 Å². The summed E-state index contributed by atoms with van der Waals surface area (Å²) in [6, 6.07) is 10.5. The molecule has 0 unspecified atom stereocenters. The second-order valence-corrected chi connectivity index (χ2v) is 7.37. The van der Waals surface area contributed by atoms with Crippen molar-refractivity contribution >= 4 is 57.8 Å². The molecule has 142 valence electrons. The first-order valence-electron chi connectivity index (χ1n) is 8.48. The van der Waals surface area contributed by atoms with Gasteiger partial charge in [-0.15, -0.1) is 0 Å². The molecule has 2 aromatic rings. The number of hydrogen-bond donors (Lipinski definition) is 2. The molecule has 3 rings (SSSR count). The molecule has 0 spiro atoms. The Morgan fingerprint density at radius 2 is 1.89 bits per heavy atom. The van der Waals surface area contributed by atoms with Gasteiger partial charge in [-0.05, 0) is 61.5 Å². The zero-order valence-electron chi connectivity index (χ0n) is 14.7. The second-order valence-electron chi connectivity index (χ2n) is 6.11. The molecule has 1 aliphatic rings. The van der Waals surface area contributed by atoms with Crippen molar-refractivity contribution in [2.75, 3.05) is 30.4 Å². The van der Waals surface area contributed by atoms with Crippen LogP contribution in [0.1, 0.15) is 23.2 Å². The highest BCUT2D eigenvalue weighted by molar-refractivity contribution is 7.80. The minimum absolute atomic E-state index is 0.159. The summed E-state index contributed by atoms with van der Waals surface area (Å²) in [5.74, 6) is 0.00402. The number of rotatable bonds is 4. The monoisotopic (exact) mass is 423 g/mol. The molecule has 1 saturated heterocycles. The fourth-order valence-electron chi connectivity index (χ4n) is 2.99. The molecule has 0 radical (unpaired) electrons. The van der Waals surface area contributed by atoms with Crippen LogP contribution in [0.4, 0.5) is 11.4 Å². The molecule has 1 heterocycles. The van der Waals surface area contributed by atoms with E-state index in [2.05, 4.69) is 15.5 Å². The number of nitrogens with zero attached hydrogens (tertiary/aromatic N) is 1. The Kier molecular flexibility index (Phi) is 6.42. The summed E-state index contributed by atoms with van der Waals surface area (Å²) in [6.45, 7) is 2.03. The largest absolute Gasteiger partial charge is 0.496 e. The SMILES string of the molecule is COc1ccc(Cl)cc1C(=O)NC(=S)Nc1ccc(N2CCCC2)c(Cl)c1. The van der Waals surface area contributed by atoms with E-state index >= 15 is 0 Å². The van der Waals surface area contributed by atoms with Crippen molar-refractivity contribution in [2.45, 2.75) is 12.8 Å². The Bertz CT molecular complexity index is 870. The van der Waals surface area contributed by atoms with Gasteiger partial charge in [0.15, 0.2) is 5.11 Å². The molecule has 0 bridgehead atoms. The Balaban J connectivity index is 1.66. The van der Waals surface area contributed by atoms with Crippen molar-refractivity contribution in [3.63, 3.8) is 0 Å². The maximum atomic E-state index is 12.5. The van der Waals surface area contributed by atoms with E-state index < -0.39 is 5.91 Å². The van der Waals surface area contributed by atoms with Crippen LogP contribution in [0, 0.1) is 0 Å². The number of thiocarbonyl (C=S) groups is 1. The third-order valence-corrected chi connectivity index (χ3v) is 5.03. The number of carbonyl (C=O) groups is 1. The molecular formula is C19H19Cl2N3O2S. The molecule has 27 heavy (non-hydrogen) atoms. The molecule has 2 aromatic carbocycles. The van der Waals surface area contributed by atoms with Crippen LogP contribution >= 0.6 is 35.4 Å². The van der Waals surface area contributed by atoms with Gasteiger partial charge in [0.05, 0.1) is 23.4 Å². The molecule has 0 saturated carbocycles. The number of ether oxygens (including phenoxy) is 1. The Labute approximate surface area is 173 Å². The first kappa shape index (κ1) is 19.7. The number of methoxy groups -OCH3 is 1. The normalized spacial score (nSPS) is 13.4. The number of hydrogen-bond acceptors (Lipinski definition) is 4. The summed E-state index contributed by atoms with van der Waals surface area (Å²) in [4.78, 5) is 14.7. The zero-order valence-corrected chi connectivity index (χ0v) is 17.0. The van der Waals surface area contributed by atoms with Crippen molar-refractivity contribution in [1.82, 2.24) is 5.32 Å². The van der Waals surface area contributed by atoms with Crippen LogP contribution in [0.15, 0.2) is 36.4 Å². The topological polar surface area (TPSA) is 53.6 Å². The van der Waals surface area contributed by atoms with Crippen LogP contribution in [-0.4, -0.2) is 31.2 Å². The lowest BCUT2D eigenvalue weighted by Gasteiger charge is -2.20. The number of nitrogens with one attached hydrogen (secondary N) is 2. The standard InChI is InChI=1S/C19H19Cl2N3O2S/c1-26-17-7-4-12(20)10-14(17)18(25)23-19(27)22-13-5-6-16(15(21)11-13)24-8-2-3-9-24/h4-7,10-11H,2-3,8-9H2,1H3,(H2,22,23,25,27). The van der Waals surface area contributed by atoms with E-state index in [1.807, 2.05) is 12.1 Å². The predicted molar refractivity (Wildman–Crippen MR) is 115 cm³/mol. The summed E-state index contributed by atoms with van der Waals surface area (Å²) >= 11 is 17.6. The number of benzene rings is 2. The van der Waals surface area contributed by atoms with Crippen LogP contribution in [0.5, 0.6) is 5.75 Å². The molecule has 1 aliphatic heterocycles. The van der Waals surface area contributed by atoms with Crippen LogP contribution in [0.2, 0.25) is 10.0 Å². The van der Waals surface area contributed by atoms with Gasteiger partial charge in [0, 0.05) is 23.8 Å². The van der Waals surface area contributed by atoms with Gasteiger partial charge in [-0.2, -0.15) is 0 Å². The summed E-state index contributed by atoms with van der Waals surface area (Å²) in [5.41, 5.74) is 2.02. The highest BCUT2D eigenvalue weighted by atomic mass is 35.5. The average Bonchev–Trinajstić information content (AvgIpc) is 3.16. The van der Waals surface area contributed by atoms with E-state index in [4.69, 9.17) is 40.2 Å². The van der Waals surface area contributed by atoms with E-state index in [1.165, 1.54) is 26.0 Å². The maximum Gasteiger partial charge on any atom is 0.261 e. The van der Waals surface area contributed by atoms with Crippen LogP contribution < -0.4 is 20.3 Å². The summed E-state index contributed by atoms with van der Waals surface area (Å²) in [7, 11) is 1.49. The van der Waals surface area contributed by atoms with Gasteiger partial charge in [0.2, 0.25) is 0 Å². The lowest BCUT2D eigenvalue weighted by Crippen LogP contribution is -2.34. The summed E-state index contributed by atoms with van der Waals surface area (Å²) in [5, 5.41) is 6.84. The first-order chi connectivity index (χ1) is 13.0. The van der Waals surface area contributed by atoms with Gasteiger partial charge in [0.1, 0.15) is 5.75 Å². The summed E-state index contributed by atoms with van der Waals surface area (Å²) < 4.78 is 5.19. The van der Waals surface area contributed by atoms with Crippen LogP contribution in [0.25, 0.3) is 0 Å². The zero-order chi connectivity index (χ0) is 19.4. The Hall–Kier alpha value is -2.02. The van der Waals surface area contributed by atoms with E-state index in [-0.39, 0.29) is 5.11 Å². The molecule has 1 fully saturated rings. The van der Waals surface area contributed by atoms with Gasteiger partial charge in [-0.1, -0.05) is 23.2 Å². The highest BCUT2D eigenvalue weighted by Gasteiger charge is 2.17. The van der Waals surface area contributed by atoms with Crippen molar-refractivity contribution < 1.29 is 9.53 Å². The molecule has 0 aromatic heterocycles. The number of amides is 1. The number of halogens is 2. The van der Waals surface area contributed by atoms with Gasteiger partial charge in [0.25, 0.3) is 5.91 Å². The maximum absolute atomic E-state index is 12.5. The average molecular weight is 424 g/mol. The van der Waals surface area contributed by atoms with Crippen molar-refractivity contribution in [1.29, 1.82) is 0 Å². The van der Waals surface area contributed by atoms with E-state index in [0.29, 0.717) is 27.0 Å². The minimum Gasteiger partial charge on any atom is -0.496 e. The fraction of sp³-hybridized carbons (Fsp3) is 0.263. The van der Waals surface area contributed by atoms with Gasteiger partial charge < -0.3 is 15.0 Å². The molecule has 0 aliphatic carbocycles. The molecular weight excluding hydrogens is 405 g/mol. The van der Waals surface area contributed by atoms with Crippen LogP contribution in [-0.2, 0) is 0 Å².